The van der Waals surface area contributed by atoms with Crippen LogP contribution in [0.4, 0.5) is 0 Å². The van der Waals surface area contributed by atoms with Gasteiger partial charge in [0.2, 0.25) is 0 Å². The topological polar surface area (TPSA) is 49.7 Å². The Hall–Kier alpha value is -0.120. The van der Waals surface area contributed by atoms with Gasteiger partial charge in [-0.2, -0.15) is 0 Å². The molecule has 1 spiro atoms. The van der Waals surface area contributed by atoms with Crippen LogP contribution in [0.5, 0.6) is 0 Å². The Labute approximate surface area is 91.4 Å². The zero-order valence-electron chi connectivity index (χ0n) is 9.37. The molecule has 0 bridgehead atoms. The van der Waals surface area contributed by atoms with Gasteiger partial charge in [0.25, 0.3) is 0 Å². The standard InChI is InChI=1S/C12H22O3/c13-9-3-6-11(14)5-1-2-7-12(11)8-4-10-15-12/h13-14H,1-10H2/t11-,12-/m0/s1. The highest BCUT2D eigenvalue weighted by molar-refractivity contribution is 5.05. The van der Waals surface area contributed by atoms with E-state index >= 15 is 0 Å². The number of aliphatic hydroxyl groups is 2. The van der Waals surface area contributed by atoms with E-state index in [0.717, 1.165) is 38.7 Å². The highest BCUT2D eigenvalue weighted by Crippen LogP contribution is 2.48. The lowest BCUT2D eigenvalue weighted by Gasteiger charge is -2.48. The van der Waals surface area contributed by atoms with Crippen LogP contribution in [0, 0.1) is 0 Å². The van der Waals surface area contributed by atoms with Crippen molar-refractivity contribution in [2.75, 3.05) is 13.2 Å². The summed E-state index contributed by atoms with van der Waals surface area (Å²) in [4.78, 5) is 0. The molecule has 1 heterocycles. The first-order valence-corrected chi connectivity index (χ1v) is 6.20. The van der Waals surface area contributed by atoms with Crippen molar-refractivity contribution in [2.24, 2.45) is 0 Å². The molecular weight excluding hydrogens is 192 g/mol. The average molecular weight is 214 g/mol. The van der Waals surface area contributed by atoms with Crippen molar-refractivity contribution >= 4 is 0 Å². The van der Waals surface area contributed by atoms with Gasteiger partial charge >= 0.3 is 0 Å². The summed E-state index contributed by atoms with van der Waals surface area (Å²) in [5.74, 6) is 0. The number of rotatable bonds is 3. The summed E-state index contributed by atoms with van der Waals surface area (Å²) >= 11 is 0. The smallest absolute Gasteiger partial charge is 0.0968 e. The van der Waals surface area contributed by atoms with Gasteiger partial charge in [0.1, 0.15) is 0 Å². The van der Waals surface area contributed by atoms with E-state index in [2.05, 4.69) is 0 Å². The van der Waals surface area contributed by atoms with Gasteiger partial charge in [-0.3, -0.25) is 0 Å². The molecule has 0 unspecified atom stereocenters. The van der Waals surface area contributed by atoms with Gasteiger partial charge in [-0.05, 0) is 38.5 Å². The van der Waals surface area contributed by atoms with Crippen LogP contribution in [0.1, 0.15) is 51.4 Å². The molecule has 0 aromatic heterocycles. The van der Waals surface area contributed by atoms with Crippen LogP contribution >= 0.6 is 0 Å². The van der Waals surface area contributed by atoms with E-state index in [0.29, 0.717) is 12.8 Å². The second kappa shape index (κ2) is 4.40. The van der Waals surface area contributed by atoms with E-state index in [-0.39, 0.29) is 12.2 Å². The third-order valence-corrected chi connectivity index (χ3v) is 4.12. The highest BCUT2D eigenvalue weighted by Gasteiger charge is 2.53. The summed E-state index contributed by atoms with van der Waals surface area (Å²) in [6.45, 7) is 0.958. The van der Waals surface area contributed by atoms with Crippen LogP contribution in [-0.4, -0.2) is 34.6 Å². The molecule has 0 aromatic carbocycles. The van der Waals surface area contributed by atoms with Gasteiger partial charge in [-0.15, -0.1) is 0 Å². The second-order valence-corrected chi connectivity index (χ2v) is 5.01. The molecule has 2 aliphatic rings. The minimum Gasteiger partial charge on any atom is -0.396 e. The summed E-state index contributed by atoms with van der Waals surface area (Å²) < 4.78 is 5.86. The monoisotopic (exact) mass is 214 g/mol. The van der Waals surface area contributed by atoms with E-state index in [1.165, 1.54) is 6.42 Å². The largest absolute Gasteiger partial charge is 0.396 e. The Morgan fingerprint density at radius 3 is 2.47 bits per heavy atom. The predicted molar refractivity (Wildman–Crippen MR) is 57.7 cm³/mol. The van der Waals surface area contributed by atoms with E-state index in [1.54, 1.807) is 0 Å². The number of hydrogen-bond acceptors (Lipinski definition) is 3. The molecule has 88 valence electrons. The summed E-state index contributed by atoms with van der Waals surface area (Å²) in [7, 11) is 0. The number of ether oxygens (including phenoxy) is 1. The zero-order valence-corrected chi connectivity index (χ0v) is 9.37. The molecule has 2 N–H and O–H groups in total. The number of hydrogen-bond donors (Lipinski definition) is 2. The first-order chi connectivity index (χ1) is 7.22. The molecule has 0 amide bonds. The molecule has 2 fully saturated rings. The predicted octanol–water partition coefficient (Wildman–Crippen LogP) is 1.61. The molecule has 2 atom stereocenters. The van der Waals surface area contributed by atoms with Crippen molar-refractivity contribution in [2.45, 2.75) is 62.6 Å². The Morgan fingerprint density at radius 2 is 1.80 bits per heavy atom. The molecule has 1 saturated carbocycles. The molecule has 1 saturated heterocycles. The Balaban J connectivity index is 2.10. The average Bonchev–Trinajstić information content (AvgIpc) is 2.71. The van der Waals surface area contributed by atoms with Crippen LogP contribution < -0.4 is 0 Å². The van der Waals surface area contributed by atoms with E-state index < -0.39 is 5.60 Å². The van der Waals surface area contributed by atoms with Gasteiger partial charge in [0, 0.05) is 13.2 Å². The molecule has 3 heteroatoms. The quantitative estimate of drug-likeness (QED) is 0.750. The molecule has 15 heavy (non-hydrogen) atoms. The van der Waals surface area contributed by atoms with Crippen molar-refractivity contribution in [1.82, 2.24) is 0 Å². The fraction of sp³-hybridized carbons (Fsp3) is 1.00. The zero-order chi connectivity index (χ0) is 10.8. The summed E-state index contributed by atoms with van der Waals surface area (Å²) in [6, 6.07) is 0. The van der Waals surface area contributed by atoms with Crippen LogP contribution in [0.15, 0.2) is 0 Å². The lowest BCUT2D eigenvalue weighted by Crippen LogP contribution is -2.56. The molecule has 0 aromatic rings. The molecule has 0 radical (unpaired) electrons. The summed E-state index contributed by atoms with van der Waals surface area (Å²) in [5.41, 5.74) is -0.953. The van der Waals surface area contributed by atoms with Crippen LogP contribution in [0.3, 0.4) is 0 Å². The first kappa shape index (κ1) is 11.4. The van der Waals surface area contributed by atoms with Crippen molar-refractivity contribution in [1.29, 1.82) is 0 Å². The van der Waals surface area contributed by atoms with Crippen molar-refractivity contribution in [3.8, 4) is 0 Å². The summed E-state index contributed by atoms with van der Waals surface area (Å²) in [5, 5.41) is 19.6. The molecule has 1 aliphatic heterocycles. The summed E-state index contributed by atoms with van der Waals surface area (Å²) in [6.07, 6.45) is 7.53. The van der Waals surface area contributed by atoms with E-state index in [1.807, 2.05) is 0 Å². The van der Waals surface area contributed by atoms with E-state index in [4.69, 9.17) is 9.84 Å². The third kappa shape index (κ3) is 1.93. The first-order valence-electron chi connectivity index (χ1n) is 6.20. The third-order valence-electron chi connectivity index (χ3n) is 4.12. The SMILES string of the molecule is OCCC[C@@]1(O)CCCC[C@]12CCCO2. The van der Waals surface area contributed by atoms with Crippen molar-refractivity contribution in [3.05, 3.63) is 0 Å². The fourth-order valence-corrected chi connectivity index (χ4v) is 3.27. The second-order valence-electron chi connectivity index (χ2n) is 5.01. The maximum Gasteiger partial charge on any atom is 0.0968 e. The van der Waals surface area contributed by atoms with Gasteiger partial charge < -0.3 is 14.9 Å². The highest BCUT2D eigenvalue weighted by atomic mass is 16.5. The van der Waals surface area contributed by atoms with Crippen LogP contribution in [0.2, 0.25) is 0 Å². The Bertz CT molecular complexity index is 211. The van der Waals surface area contributed by atoms with Gasteiger partial charge in [-0.25, -0.2) is 0 Å². The molecule has 3 nitrogen and oxygen atoms in total. The number of aliphatic hydroxyl groups excluding tert-OH is 1. The lowest BCUT2D eigenvalue weighted by molar-refractivity contribution is -0.186. The Kier molecular flexibility index (Phi) is 3.33. The molecule has 1 aliphatic carbocycles. The maximum absolute atomic E-state index is 10.7. The Morgan fingerprint density at radius 1 is 1.07 bits per heavy atom. The van der Waals surface area contributed by atoms with Crippen LogP contribution in [-0.2, 0) is 4.74 Å². The van der Waals surface area contributed by atoms with Gasteiger partial charge in [0.15, 0.2) is 0 Å². The molecule has 2 rings (SSSR count). The minimum absolute atomic E-state index is 0.165. The van der Waals surface area contributed by atoms with Gasteiger partial charge in [0.05, 0.1) is 11.2 Å². The van der Waals surface area contributed by atoms with Crippen molar-refractivity contribution in [3.63, 3.8) is 0 Å². The van der Waals surface area contributed by atoms with Crippen LogP contribution in [0.25, 0.3) is 0 Å². The van der Waals surface area contributed by atoms with Crippen molar-refractivity contribution < 1.29 is 14.9 Å². The van der Waals surface area contributed by atoms with Gasteiger partial charge in [-0.1, -0.05) is 12.8 Å². The van der Waals surface area contributed by atoms with E-state index in [9.17, 15) is 5.11 Å². The maximum atomic E-state index is 10.7. The normalized spacial score (nSPS) is 41.2. The molecular formula is C12H22O3. The fourth-order valence-electron chi connectivity index (χ4n) is 3.27. The lowest BCUT2D eigenvalue weighted by atomic mass is 9.68. The minimum atomic E-state index is -0.676.